The van der Waals surface area contributed by atoms with Gasteiger partial charge in [0.25, 0.3) is 0 Å². The van der Waals surface area contributed by atoms with Crippen molar-refractivity contribution in [2.24, 2.45) is 0 Å². The number of amides is 2. The van der Waals surface area contributed by atoms with E-state index in [0.29, 0.717) is 36.2 Å². The minimum Gasteiger partial charge on any atom is -0.475 e. The van der Waals surface area contributed by atoms with Gasteiger partial charge in [0.15, 0.2) is 11.6 Å². The third kappa shape index (κ3) is 5.83. The Hall–Kier alpha value is -3.61. The van der Waals surface area contributed by atoms with Crippen LogP contribution in [-0.4, -0.2) is 60.2 Å². The fraction of sp³-hybridized carbons (Fsp3) is 0.414. The maximum absolute atomic E-state index is 13.7. The van der Waals surface area contributed by atoms with Gasteiger partial charge in [0.05, 0.1) is 46.5 Å². The standard InChI is InChI=1S/C29H29ClF3N5O4/c1-28(2)41-16-21(42-28)15-40-24-9-8-19(13-34-24)35-27(39)38-20-7-4-10-37(14-20)23-12-22(30)25(36-26(23)38)17-5-3-6-18(11-17)29(31,32)33/h3,5-6,8-9,11-13,20-21H,4,7,10,14-16H2,1-2H3,(H,35,39)/t20-,21-/m0/s1. The SMILES string of the molecule is CC1(C)OC[C@H](COc2ccc(NC(=O)N3c4nc(-c5cccc(C(F)(F)F)c5)c(Cl)cc4N4CCC[C@H]3C4)cn2)O1. The van der Waals surface area contributed by atoms with Crippen molar-refractivity contribution in [3.63, 3.8) is 0 Å². The van der Waals surface area contributed by atoms with Crippen LogP contribution in [0, 0.1) is 0 Å². The molecule has 2 atom stereocenters. The van der Waals surface area contributed by atoms with E-state index in [1.807, 2.05) is 13.8 Å². The normalized spacial score (nSPS) is 21.2. The third-order valence-electron chi connectivity index (χ3n) is 7.42. The number of pyridine rings is 2. The van der Waals surface area contributed by atoms with Crippen LogP contribution in [0.1, 0.15) is 32.3 Å². The van der Waals surface area contributed by atoms with Gasteiger partial charge in [0.2, 0.25) is 5.88 Å². The van der Waals surface area contributed by atoms with Gasteiger partial charge in [-0.1, -0.05) is 23.7 Å². The number of urea groups is 1. The summed E-state index contributed by atoms with van der Waals surface area (Å²) in [6, 6.07) is 9.23. The van der Waals surface area contributed by atoms with Gasteiger partial charge in [-0.15, -0.1) is 0 Å². The van der Waals surface area contributed by atoms with Crippen LogP contribution in [0.2, 0.25) is 5.02 Å². The summed E-state index contributed by atoms with van der Waals surface area (Å²) in [4.78, 5) is 26.3. The second-order valence-corrected chi connectivity index (χ2v) is 11.3. The average molecular weight is 604 g/mol. The van der Waals surface area contributed by atoms with Crippen LogP contribution < -0.4 is 19.9 Å². The first-order valence-electron chi connectivity index (χ1n) is 13.6. The minimum absolute atomic E-state index is 0.170. The summed E-state index contributed by atoms with van der Waals surface area (Å²) in [6.07, 6.45) is -1.62. The summed E-state index contributed by atoms with van der Waals surface area (Å²) in [5.41, 5.74) is 0.676. The van der Waals surface area contributed by atoms with Gasteiger partial charge in [0.1, 0.15) is 12.7 Å². The Labute approximate surface area is 245 Å². The van der Waals surface area contributed by atoms with Crippen molar-refractivity contribution in [2.45, 2.75) is 50.8 Å². The third-order valence-corrected chi connectivity index (χ3v) is 7.71. The number of hydrogen-bond donors (Lipinski definition) is 1. The number of carbonyl (C=O) groups excluding carboxylic acids is 1. The Morgan fingerprint density at radius 2 is 2.07 bits per heavy atom. The number of nitrogens with one attached hydrogen (secondary N) is 1. The van der Waals surface area contributed by atoms with Crippen molar-refractivity contribution in [1.82, 2.24) is 9.97 Å². The predicted molar refractivity (Wildman–Crippen MR) is 151 cm³/mol. The Kier molecular flexibility index (Phi) is 7.40. The molecule has 0 aliphatic carbocycles. The molecule has 2 fully saturated rings. The molecule has 0 unspecified atom stereocenters. The van der Waals surface area contributed by atoms with Crippen molar-refractivity contribution in [1.29, 1.82) is 0 Å². The van der Waals surface area contributed by atoms with E-state index >= 15 is 0 Å². The Morgan fingerprint density at radius 3 is 2.79 bits per heavy atom. The zero-order valence-electron chi connectivity index (χ0n) is 22.9. The molecule has 2 amide bonds. The Morgan fingerprint density at radius 1 is 1.24 bits per heavy atom. The highest BCUT2D eigenvalue weighted by atomic mass is 35.5. The average Bonchev–Trinajstić information content (AvgIpc) is 3.31. The van der Waals surface area contributed by atoms with Crippen LogP contribution in [0.3, 0.4) is 0 Å². The summed E-state index contributed by atoms with van der Waals surface area (Å²) < 4.78 is 57.2. The molecule has 2 bridgehead atoms. The molecule has 42 heavy (non-hydrogen) atoms. The highest BCUT2D eigenvalue weighted by molar-refractivity contribution is 6.33. The number of alkyl halides is 3. The lowest BCUT2D eigenvalue weighted by molar-refractivity contribution is -0.141. The number of rotatable bonds is 5. The number of aromatic nitrogens is 2. The molecular weight excluding hydrogens is 575 g/mol. The van der Waals surface area contributed by atoms with E-state index in [2.05, 4.69) is 20.2 Å². The fourth-order valence-corrected chi connectivity index (χ4v) is 5.75. The number of fused-ring (bicyclic) bond motifs is 4. The first-order chi connectivity index (χ1) is 20.0. The molecular formula is C29H29ClF3N5O4. The number of anilines is 3. The van der Waals surface area contributed by atoms with Gasteiger partial charge in [-0.05, 0) is 51.0 Å². The van der Waals surface area contributed by atoms with Gasteiger partial charge in [-0.3, -0.25) is 4.90 Å². The monoisotopic (exact) mass is 603 g/mol. The van der Waals surface area contributed by atoms with Crippen molar-refractivity contribution >= 4 is 34.8 Å². The predicted octanol–water partition coefficient (Wildman–Crippen LogP) is 6.37. The molecule has 1 N–H and O–H groups in total. The number of piperidine rings is 1. The molecule has 0 saturated carbocycles. The summed E-state index contributed by atoms with van der Waals surface area (Å²) in [7, 11) is 0. The van der Waals surface area contributed by atoms with E-state index in [1.165, 1.54) is 18.3 Å². The molecule has 3 aliphatic rings. The van der Waals surface area contributed by atoms with Crippen LogP contribution in [0.5, 0.6) is 5.88 Å². The zero-order valence-corrected chi connectivity index (χ0v) is 23.7. The maximum atomic E-state index is 13.7. The molecule has 2 aromatic heterocycles. The molecule has 6 rings (SSSR count). The molecule has 9 nitrogen and oxygen atoms in total. The lowest BCUT2D eigenvalue weighted by Crippen LogP contribution is -2.56. The van der Waals surface area contributed by atoms with E-state index in [4.69, 9.17) is 25.8 Å². The van der Waals surface area contributed by atoms with Gasteiger partial charge >= 0.3 is 12.2 Å². The number of carbonyl (C=O) groups is 1. The second-order valence-electron chi connectivity index (χ2n) is 10.9. The number of halogens is 4. The van der Waals surface area contributed by atoms with Gasteiger partial charge in [0, 0.05) is 24.7 Å². The Balaban J connectivity index is 1.23. The van der Waals surface area contributed by atoms with Gasteiger partial charge in [-0.25, -0.2) is 14.8 Å². The smallest absolute Gasteiger partial charge is 0.416 e. The number of nitrogens with zero attached hydrogens (tertiary/aromatic N) is 4. The molecule has 222 valence electrons. The van der Waals surface area contributed by atoms with Crippen molar-refractivity contribution in [3.8, 4) is 17.1 Å². The topological polar surface area (TPSA) is 89.1 Å². The van der Waals surface area contributed by atoms with E-state index in [9.17, 15) is 18.0 Å². The molecule has 13 heteroatoms. The number of benzene rings is 1. The van der Waals surface area contributed by atoms with Crippen LogP contribution in [0.25, 0.3) is 11.3 Å². The molecule has 3 aliphatic heterocycles. The molecule has 3 aromatic rings. The van der Waals surface area contributed by atoms with Crippen LogP contribution in [0.15, 0.2) is 48.7 Å². The molecule has 0 spiro atoms. The first-order valence-corrected chi connectivity index (χ1v) is 14.0. The Bertz CT molecular complexity index is 1490. The molecule has 1 aromatic carbocycles. The summed E-state index contributed by atoms with van der Waals surface area (Å²) in [5, 5.41) is 3.08. The summed E-state index contributed by atoms with van der Waals surface area (Å²) in [5.74, 6) is 0.0657. The molecule has 5 heterocycles. The number of hydrogen-bond acceptors (Lipinski definition) is 7. The van der Waals surface area contributed by atoms with E-state index in [-0.39, 0.29) is 35.0 Å². The highest BCUT2D eigenvalue weighted by Crippen LogP contribution is 2.43. The minimum atomic E-state index is -4.52. The largest absolute Gasteiger partial charge is 0.475 e. The fourth-order valence-electron chi connectivity index (χ4n) is 5.49. The summed E-state index contributed by atoms with van der Waals surface area (Å²) in [6.45, 7) is 5.73. The van der Waals surface area contributed by atoms with E-state index in [1.54, 1.807) is 23.1 Å². The second kappa shape index (κ2) is 10.9. The van der Waals surface area contributed by atoms with Crippen molar-refractivity contribution in [2.75, 3.05) is 41.4 Å². The van der Waals surface area contributed by atoms with Gasteiger partial charge < -0.3 is 24.4 Å². The van der Waals surface area contributed by atoms with Crippen LogP contribution in [-0.2, 0) is 15.7 Å². The lowest BCUT2D eigenvalue weighted by Gasteiger charge is -2.46. The first kappa shape index (κ1) is 28.5. The number of ether oxygens (including phenoxy) is 3. The summed E-state index contributed by atoms with van der Waals surface area (Å²) >= 11 is 6.57. The van der Waals surface area contributed by atoms with E-state index < -0.39 is 23.6 Å². The quantitative estimate of drug-likeness (QED) is 0.363. The zero-order chi connectivity index (χ0) is 29.6. The van der Waals surface area contributed by atoms with E-state index in [0.717, 1.165) is 31.5 Å². The van der Waals surface area contributed by atoms with Crippen molar-refractivity contribution < 1.29 is 32.2 Å². The molecule has 2 saturated heterocycles. The van der Waals surface area contributed by atoms with Crippen LogP contribution in [0.4, 0.5) is 35.2 Å². The van der Waals surface area contributed by atoms with Gasteiger partial charge in [-0.2, -0.15) is 13.2 Å². The van der Waals surface area contributed by atoms with Crippen LogP contribution >= 0.6 is 11.6 Å². The maximum Gasteiger partial charge on any atom is 0.416 e. The molecule has 0 radical (unpaired) electrons. The van der Waals surface area contributed by atoms with Crippen molar-refractivity contribution in [3.05, 3.63) is 59.2 Å². The highest BCUT2D eigenvalue weighted by Gasteiger charge is 2.39. The lowest BCUT2D eigenvalue weighted by atomic mass is 9.99.